The van der Waals surface area contributed by atoms with Gasteiger partial charge in [0.05, 0.1) is 6.61 Å². The van der Waals surface area contributed by atoms with Crippen LogP contribution in [-0.4, -0.2) is 5.11 Å². The van der Waals surface area contributed by atoms with Crippen LogP contribution in [0.1, 0.15) is 29.7 Å². The Morgan fingerprint density at radius 1 is 1.11 bits per heavy atom. The standard InChI is InChI=1S/C16H18FNO/c1-12(15-5-7-16(17)8-6-15)18-10-13-3-2-4-14(9-13)11-19/h2-9,12,18-19H,10-11H2,1H3. The van der Waals surface area contributed by atoms with Crippen molar-refractivity contribution in [1.29, 1.82) is 0 Å². The van der Waals surface area contributed by atoms with Gasteiger partial charge in [0.1, 0.15) is 5.82 Å². The van der Waals surface area contributed by atoms with Crippen LogP contribution in [0.15, 0.2) is 48.5 Å². The topological polar surface area (TPSA) is 32.3 Å². The van der Waals surface area contributed by atoms with Crippen molar-refractivity contribution in [2.75, 3.05) is 0 Å². The summed E-state index contributed by atoms with van der Waals surface area (Å²) >= 11 is 0. The number of aliphatic hydroxyl groups excluding tert-OH is 1. The molecule has 3 heteroatoms. The third-order valence-electron chi connectivity index (χ3n) is 3.16. The van der Waals surface area contributed by atoms with E-state index in [0.717, 1.165) is 16.7 Å². The van der Waals surface area contributed by atoms with E-state index in [1.807, 2.05) is 31.2 Å². The van der Waals surface area contributed by atoms with Gasteiger partial charge in [0.25, 0.3) is 0 Å². The van der Waals surface area contributed by atoms with Gasteiger partial charge in [-0.3, -0.25) is 0 Å². The van der Waals surface area contributed by atoms with E-state index in [1.54, 1.807) is 12.1 Å². The van der Waals surface area contributed by atoms with Crippen LogP contribution in [0.2, 0.25) is 0 Å². The molecular weight excluding hydrogens is 241 g/mol. The number of rotatable bonds is 5. The lowest BCUT2D eigenvalue weighted by Crippen LogP contribution is -2.18. The molecule has 0 saturated heterocycles. The molecule has 0 spiro atoms. The molecule has 1 atom stereocenters. The molecule has 0 heterocycles. The molecule has 0 saturated carbocycles. The summed E-state index contributed by atoms with van der Waals surface area (Å²) in [5.74, 6) is -0.216. The van der Waals surface area contributed by atoms with Gasteiger partial charge < -0.3 is 10.4 Å². The van der Waals surface area contributed by atoms with Gasteiger partial charge in [-0.1, -0.05) is 36.4 Å². The van der Waals surface area contributed by atoms with E-state index in [0.29, 0.717) is 6.54 Å². The zero-order chi connectivity index (χ0) is 13.7. The van der Waals surface area contributed by atoms with Gasteiger partial charge in [0, 0.05) is 12.6 Å². The molecule has 2 rings (SSSR count). The van der Waals surface area contributed by atoms with E-state index in [9.17, 15) is 4.39 Å². The fraction of sp³-hybridized carbons (Fsp3) is 0.250. The van der Waals surface area contributed by atoms with Crippen molar-refractivity contribution in [3.05, 3.63) is 71.0 Å². The highest BCUT2D eigenvalue weighted by atomic mass is 19.1. The first-order valence-electron chi connectivity index (χ1n) is 6.36. The van der Waals surface area contributed by atoms with Crippen molar-refractivity contribution in [1.82, 2.24) is 5.32 Å². The van der Waals surface area contributed by atoms with Crippen molar-refractivity contribution in [3.8, 4) is 0 Å². The van der Waals surface area contributed by atoms with E-state index in [2.05, 4.69) is 5.32 Å². The minimum absolute atomic E-state index is 0.0569. The Morgan fingerprint density at radius 3 is 2.47 bits per heavy atom. The fourth-order valence-electron chi connectivity index (χ4n) is 1.98. The van der Waals surface area contributed by atoms with Gasteiger partial charge in [-0.15, -0.1) is 0 Å². The molecular formula is C16H18FNO. The summed E-state index contributed by atoms with van der Waals surface area (Å²) in [6.45, 7) is 2.82. The lowest BCUT2D eigenvalue weighted by Gasteiger charge is -2.14. The second kappa shape index (κ2) is 6.45. The highest BCUT2D eigenvalue weighted by Gasteiger charge is 2.05. The molecule has 2 aromatic rings. The molecule has 0 aliphatic heterocycles. The third-order valence-corrected chi connectivity index (χ3v) is 3.16. The minimum Gasteiger partial charge on any atom is -0.392 e. The molecule has 0 aliphatic rings. The Labute approximate surface area is 112 Å². The highest BCUT2D eigenvalue weighted by molar-refractivity contribution is 5.24. The summed E-state index contributed by atoms with van der Waals surface area (Å²) in [7, 11) is 0. The first-order valence-corrected chi connectivity index (χ1v) is 6.36. The van der Waals surface area contributed by atoms with Gasteiger partial charge >= 0.3 is 0 Å². The average Bonchev–Trinajstić information content (AvgIpc) is 2.46. The van der Waals surface area contributed by atoms with E-state index in [-0.39, 0.29) is 18.5 Å². The van der Waals surface area contributed by atoms with E-state index in [1.165, 1.54) is 12.1 Å². The van der Waals surface area contributed by atoms with Gasteiger partial charge in [-0.2, -0.15) is 0 Å². The number of benzene rings is 2. The zero-order valence-electron chi connectivity index (χ0n) is 10.9. The molecule has 2 aromatic carbocycles. The van der Waals surface area contributed by atoms with Gasteiger partial charge in [0.2, 0.25) is 0 Å². The summed E-state index contributed by atoms with van der Waals surface area (Å²) in [6, 6.07) is 14.5. The van der Waals surface area contributed by atoms with Gasteiger partial charge in [0.15, 0.2) is 0 Å². The van der Waals surface area contributed by atoms with Crippen LogP contribution in [0, 0.1) is 5.82 Å². The molecule has 0 amide bonds. The van der Waals surface area contributed by atoms with Crippen LogP contribution in [0.25, 0.3) is 0 Å². The molecule has 2 N–H and O–H groups in total. The number of nitrogens with one attached hydrogen (secondary N) is 1. The normalized spacial score (nSPS) is 12.4. The first-order chi connectivity index (χ1) is 9.19. The maximum absolute atomic E-state index is 12.8. The van der Waals surface area contributed by atoms with E-state index >= 15 is 0 Å². The van der Waals surface area contributed by atoms with Crippen molar-refractivity contribution < 1.29 is 9.50 Å². The smallest absolute Gasteiger partial charge is 0.123 e. The van der Waals surface area contributed by atoms with E-state index in [4.69, 9.17) is 5.11 Å². The molecule has 0 aromatic heterocycles. The quantitative estimate of drug-likeness (QED) is 0.864. The molecule has 1 unspecified atom stereocenters. The fourth-order valence-corrected chi connectivity index (χ4v) is 1.98. The van der Waals surface area contributed by atoms with Crippen molar-refractivity contribution in [3.63, 3.8) is 0 Å². The predicted octanol–water partition coefficient (Wildman–Crippen LogP) is 3.17. The second-order valence-corrected chi connectivity index (χ2v) is 4.63. The second-order valence-electron chi connectivity index (χ2n) is 4.63. The Bertz CT molecular complexity index is 525. The summed E-state index contributed by atoms with van der Waals surface area (Å²) in [5, 5.41) is 12.5. The Balaban J connectivity index is 1.96. The number of hydrogen-bond donors (Lipinski definition) is 2. The molecule has 0 aliphatic carbocycles. The Morgan fingerprint density at radius 2 is 1.79 bits per heavy atom. The lowest BCUT2D eigenvalue weighted by atomic mass is 10.1. The molecule has 0 radical (unpaired) electrons. The SMILES string of the molecule is CC(NCc1cccc(CO)c1)c1ccc(F)cc1. The lowest BCUT2D eigenvalue weighted by molar-refractivity contribution is 0.281. The minimum atomic E-state index is -0.216. The van der Waals surface area contributed by atoms with Crippen LogP contribution in [0.5, 0.6) is 0 Å². The largest absolute Gasteiger partial charge is 0.392 e. The molecule has 2 nitrogen and oxygen atoms in total. The monoisotopic (exact) mass is 259 g/mol. The van der Waals surface area contributed by atoms with Crippen LogP contribution >= 0.6 is 0 Å². The summed E-state index contributed by atoms with van der Waals surface area (Å²) in [6.07, 6.45) is 0. The molecule has 0 bridgehead atoms. The first kappa shape index (κ1) is 13.7. The van der Waals surface area contributed by atoms with Crippen LogP contribution in [0.4, 0.5) is 4.39 Å². The predicted molar refractivity (Wildman–Crippen MR) is 74.0 cm³/mol. The Hall–Kier alpha value is -1.71. The number of aliphatic hydroxyl groups is 1. The highest BCUT2D eigenvalue weighted by Crippen LogP contribution is 2.14. The number of halogens is 1. The summed E-state index contributed by atoms with van der Waals surface area (Å²) in [5.41, 5.74) is 3.09. The maximum Gasteiger partial charge on any atom is 0.123 e. The third kappa shape index (κ3) is 3.88. The van der Waals surface area contributed by atoms with Gasteiger partial charge in [-0.25, -0.2) is 4.39 Å². The van der Waals surface area contributed by atoms with Crippen LogP contribution in [-0.2, 0) is 13.2 Å². The Kier molecular flexibility index (Phi) is 4.66. The van der Waals surface area contributed by atoms with Crippen LogP contribution < -0.4 is 5.32 Å². The summed E-state index contributed by atoms with van der Waals surface area (Å²) < 4.78 is 12.8. The summed E-state index contributed by atoms with van der Waals surface area (Å²) in [4.78, 5) is 0. The van der Waals surface area contributed by atoms with Gasteiger partial charge in [-0.05, 0) is 35.7 Å². The zero-order valence-corrected chi connectivity index (χ0v) is 10.9. The average molecular weight is 259 g/mol. The number of hydrogen-bond acceptors (Lipinski definition) is 2. The van der Waals surface area contributed by atoms with Crippen molar-refractivity contribution in [2.45, 2.75) is 26.1 Å². The van der Waals surface area contributed by atoms with Crippen LogP contribution in [0.3, 0.4) is 0 Å². The molecule has 19 heavy (non-hydrogen) atoms. The van der Waals surface area contributed by atoms with Crippen molar-refractivity contribution >= 4 is 0 Å². The molecule has 0 fully saturated rings. The van der Waals surface area contributed by atoms with E-state index < -0.39 is 0 Å². The molecule has 100 valence electrons. The maximum atomic E-state index is 12.8. The van der Waals surface area contributed by atoms with Crippen molar-refractivity contribution in [2.24, 2.45) is 0 Å².